The maximum atomic E-state index is 5.94. The molecule has 1 atom stereocenters. The second-order valence-corrected chi connectivity index (χ2v) is 7.51. The molecule has 1 fully saturated rings. The van der Waals surface area contributed by atoms with Gasteiger partial charge in [-0.2, -0.15) is 11.8 Å². The Balaban J connectivity index is 1.82. The number of hydrogen-bond acceptors (Lipinski definition) is 5. The van der Waals surface area contributed by atoms with E-state index in [-0.39, 0.29) is 0 Å². The highest BCUT2D eigenvalue weighted by Crippen LogP contribution is 2.33. The lowest BCUT2D eigenvalue weighted by molar-refractivity contribution is 0.592. The predicted molar refractivity (Wildman–Crippen MR) is 78.5 cm³/mol. The highest BCUT2D eigenvalue weighted by atomic mass is 35.5. The average molecular weight is 303 g/mol. The fourth-order valence-corrected chi connectivity index (χ4v) is 4.75. The van der Waals surface area contributed by atoms with Gasteiger partial charge in [-0.1, -0.05) is 11.6 Å². The molecule has 3 rings (SSSR count). The van der Waals surface area contributed by atoms with Crippen LogP contribution in [-0.2, 0) is 0 Å². The van der Waals surface area contributed by atoms with E-state index in [1.807, 2.05) is 23.9 Å². The topological polar surface area (TPSA) is 24.9 Å². The van der Waals surface area contributed by atoms with Gasteiger partial charge in [-0.25, -0.2) is 4.98 Å². The Morgan fingerprint density at radius 1 is 1.41 bits per heavy atom. The molecule has 0 saturated carbocycles. The molecule has 1 aliphatic heterocycles. The number of thiazole rings is 1. The van der Waals surface area contributed by atoms with Crippen molar-refractivity contribution in [1.82, 2.24) is 10.3 Å². The highest BCUT2D eigenvalue weighted by molar-refractivity contribution is 7.99. The maximum absolute atomic E-state index is 5.94. The van der Waals surface area contributed by atoms with E-state index in [4.69, 9.17) is 16.6 Å². The molecule has 1 unspecified atom stereocenters. The zero-order valence-electron chi connectivity index (χ0n) is 8.98. The van der Waals surface area contributed by atoms with E-state index in [9.17, 15) is 0 Å². The second-order valence-electron chi connectivity index (χ2n) is 3.76. The van der Waals surface area contributed by atoms with Crippen molar-refractivity contribution in [2.75, 3.05) is 18.1 Å². The van der Waals surface area contributed by atoms with Crippen LogP contribution in [0, 0.1) is 0 Å². The number of halogens is 1. The molecule has 0 aliphatic carbocycles. The number of rotatable bonds is 2. The Hall–Kier alpha value is -0.0700. The van der Waals surface area contributed by atoms with Crippen LogP contribution in [-0.4, -0.2) is 23.0 Å². The van der Waals surface area contributed by atoms with Crippen molar-refractivity contribution in [3.05, 3.63) is 26.9 Å². The monoisotopic (exact) mass is 302 g/mol. The fraction of sp³-hybridized carbons (Fsp3) is 0.364. The Morgan fingerprint density at radius 3 is 3.06 bits per heavy atom. The standard InChI is InChI=1S/C11H11ClN2S3/c12-10-2-1-9(17-10)7-6-16-11(14-7)8-5-15-4-3-13-8/h1-2,6,8,13H,3-5H2. The minimum Gasteiger partial charge on any atom is -0.306 e. The first-order valence-electron chi connectivity index (χ1n) is 5.35. The Kier molecular flexibility index (Phi) is 3.72. The number of nitrogens with one attached hydrogen (secondary N) is 1. The van der Waals surface area contributed by atoms with Crippen molar-refractivity contribution in [1.29, 1.82) is 0 Å². The number of hydrogen-bond donors (Lipinski definition) is 1. The molecule has 0 radical (unpaired) electrons. The molecule has 0 bridgehead atoms. The first kappa shape index (κ1) is 12.0. The van der Waals surface area contributed by atoms with Gasteiger partial charge < -0.3 is 5.32 Å². The second kappa shape index (κ2) is 5.28. The molecule has 1 N–H and O–H groups in total. The van der Waals surface area contributed by atoms with Crippen LogP contribution in [0.3, 0.4) is 0 Å². The number of thioether (sulfide) groups is 1. The Bertz CT molecular complexity index is 502. The fourth-order valence-electron chi connectivity index (χ4n) is 1.74. The lowest BCUT2D eigenvalue weighted by Crippen LogP contribution is -2.30. The lowest BCUT2D eigenvalue weighted by atomic mass is 10.3. The summed E-state index contributed by atoms with van der Waals surface area (Å²) in [6.45, 7) is 1.08. The van der Waals surface area contributed by atoms with E-state index in [2.05, 4.69) is 10.7 Å². The van der Waals surface area contributed by atoms with Crippen LogP contribution < -0.4 is 5.32 Å². The molecule has 6 heteroatoms. The number of thiophene rings is 1. The Morgan fingerprint density at radius 2 is 2.35 bits per heavy atom. The molecule has 0 aromatic carbocycles. The molecule has 3 heterocycles. The van der Waals surface area contributed by atoms with E-state index in [1.54, 1.807) is 22.7 Å². The molecular weight excluding hydrogens is 292 g/mol. The van der Waals surface area contributed by atoms with E-state index < -0.39 is 0 Å². The minimum atomic E-state index is 0.419. The van der Waals surface area contributed by atoms with Crippen LogP contribution in [0.4, 0.5) is 0 Å². The quantitative estimate of drug-likeness (QED) is 0.910. The largest absolute Gasteiger partial charge is 0.306 e. The number of nitrogens with zero attached hydrogens (tertiary/aromatic N) is 1. The van der Waals surface area contributed by atoms with Crippen molar-refractivity contribution in [2.24, 2.45) is 0 Å². The predicted octanol–water partition coefficient (Wildman–Crippen LogP) is 3.90. The lowest BCUT2D eigenvalue weighted by Gasteiger charge is -2.20. The molecule has 0 amide bonds. The van der Waals surface area contributed by atoms with Gasteiger partial charge in [-0.15, -0.1) is 22.7 Å². The summed E-state index contributed by atoms with van der Waals surface area (Å²) in [5, 5.41) is 6.82. The summed E-state index contributed by atoms with van der Waals surface area (Å²) >= 11 is 11.3. The zero-order chi connectivity index (χ0) is 11.7. The van der Waals surface area contributed by atoms with Crippen molar-refractivity contribution < 1.29 is 0 Å². The van der Waals surface area contributed by atoms with Crippen LogP contribution >= 0.6 is 46.0 Å². The van der Waals surface area contributed by atoms with Crippen LogP contribution in [0.1, 0.15) is 11.0 Å². The van der Waals surface area contributed by atoms with Crippen molar-refractivity contribution in [3.8, 4) is 10.6 Å². The van der Waals surface area contributed by atoms with Crippen LogP contribution in [0.2, 0.25) is 4.34 Å². The summed E-state index contributed by atoms with van der Waals surface area (Å²) in [5.41, 5.74) is 1.05. The van der Waals surface area contributed by atoms with Crippen LogP contribution in [0.15, 0.2) is 17.5 Å². The average Bonchev–Trinajstić information content (AvgIpc) is 2.98. The van der Waals surface area contributed by atoms with E-state index in [0.717, 1.165) is 27.2 Å². The smallest absolute Gasteiger partial charge is 0.111 e. The van der Waals surface area contributed by atoms with Gasteiger partial charge in [0.1, 0.15) is 5.01 Å². The van der Waals surface area contributed by atoms with E-state index >= 15 is 0 Å². The van der Waals surface area contributed by atoms with Crippen LogP contribution in [0.25, 0.3) is 10.6 Å². The highest BCUT2D eigenvalue weighted by Gasteiger charge is 2.18. The van der Waals surface area contributed by atoms with Gasteiger partial charge in [-0.05, 0) is 12.1 Å². The summed E-state index contributed by atoms with van der Waals surface area (Å²) in [6.07, 6.45) is 0. The van der Waals surface area contributed by atoms with E-state index in [0.29, 0.717) is 6.04 Å². The van der Waals surface area contributed by atoms with Crippen molar-refractivity contribution >= 4 is 46.0 Å². The normalized spacial score (nSPS) is 20.6. The molecule has 0 spiro atoms. The van der Waals surface area contributed by atoms with Gasteiger partial charge in [0.2, 0.25) is 0 Å². The molecule has 1 aliphatic rings. The first-order chi connectivity index (χ1) is 8.33. The summed E-state index contributed by atoms with van der Waals surface area (Å²) in [7, 11) is 0. The van der Waals surface area contributed by atoms with Crippen molar-refractivity contribution in [3.63, 3.8) is 0 Å². The molecule has 17 heavy (non-hydrogen) atoms. The van der Waals surface area contributed by atoms with Gasteiger partial charge >= 0.3 is 0 Å². The minimum absolute atomic E-state index is 0.419. The van der Waals surface area contributed by atoms with Crippen LogP contribution in [0.5, 0.6) is 0 Å². The summed E-state index contributed by atoms with van der Waals surface area (Å²) < 4.78 is 0.820. The van der Waals surface area contributed by atoms with Gasteiger partial charge in [0.25, 0.3) is 0 Å². The first-order valence-corrected chi connectivity index (χ1v) is 8.58. The SMILES string of the molecule is Clc1ccc(-c2csc(C3CSCCN3)n2)s1. The third-order valence-electron chi connectivity index (χ3n) is 2.57. The summed E-state index contributed by atoms with van der Waals surface area (Å²) in [4.78, 5) is 5.87. The summed E-state index contributed by atoms with van der Waals surface area (Å²) in [5.74, 6) is 2.33. The van der Waals surface area contributed by atoms with Gasteiger partial charge in [0, 0.05) is 23.4 Å². The molecular formula is C11H11ClN2S3. The molecule has 2 nitrogen and oxygen atoms in total. The molecule has 2 aromatic rings. The summed E-state index contributed by atoms with van der Waals surface area (Å²) in [6, 6.07) is 4.38. The number of aromatic nitrogens is 1. The zero-order valence-corrected chi connectivity index (χ0v) is 12.2. The van der Waals surface area contributed by atoms with Crippen molar-refractivity contribution in [2.45, 2.75) is 6.04 Å². The third-order valence-corrected chi connectivity index (χ3v) is 5.84. The van der Waals surface area contributed by atoms with Gasteiger partial charge in [0.05, 0.1) is 20.9 Å². The Labute approximate surface area is 117 Å². The maximum Gasteiger partial charge on any atom is 0.111 e. The molecule has 1 saturated heterocycles. The molecule has 2 aromatic heterocycles. The molecule has 90 valence electrons. The van der Waals surface area contributed by atoms with E-state index in [1.165, 1.54) is 10.8 Å². The van der Waals surface area contributed by atoms with Gasteiger partial charge in [-0.3, -0.25) is 0 Å². The third kappa shape index (κ3) is 2.69. The van der Waals surface area contributed by atoms with Gasteiger partial charge in [0.15, 0.2) is 0 Å².